The number of hydrogen-bond acceptors (Lipinski definition) is 7. The van der Waals surface area contributed by atoms with Gasteiger partial charge in [0.1, 0.15) is 17.1 Å². The van der Waals surface area contributed by atoms with E-state index >= 15 is 0 Å². The third kappa shape index (κ3) is 7.08. The first-order valence-electron chi connectivity index (χ1n) is 10.6. The molecule has 3 N–H and O–H groups in total. The van der Waals surface area contributed by atoms with Gasteiger partial charge in [-0.15, -0.1) is 24.8 Å². The van der Waals surface area contributed by atoms with E-state index in [2.05, 4.69) is 41.0 Å². The number of anilines is 2. The summed E-state index contributed by atoms with van der Waals surface area (Å²) in [7, 11) is 1.65. The molecule has 0 fully saturated rings. The highest BCUT2D eigenvalue weighted by Crippen LogP contribution is 2.26. The molecule has 2 heterocycles. The zero-order valence-electron chi connectivity index (χ0n) is 19.2. The van der Waals surface area contributed by atoms with Gasteiger partial charge in [-0.2, -0.15) is 0 Å². The quantitative estimate of drug-likeness (QED) is 0.419. The summed E-state index contributed by atoms with van der Waals surface area (Å²) in [6.45, 7) is 9.89. The van der Waals surface area contributed by atoms with Crippen LogP contribution in [0.2, 0.25) is 0 Å². The van der Waals surface area contributed by atoms with Crippen LogP contribution < -0.4 is 15.8 Å². The predicted octanol–water partition coefficient (Wildman–Crippen LogP) is 5.05. The molecule has 3 aromatic rings. The van der Waals surface area contributed by atoms with E-state index in [9.17, 15) is 0 Å². The zero-order valence-corrected chi connectivity index (χ0v) is 20.8. The van der Waals surface area contributed by atoms with E-state index in [-0.39, 0.29) is 24.8 Å². The number of rotatable bonds is 10. The van der Waals surface area contributed by atoms with Crippen molar-refractivity contribution in [3.05, 3.63) is 36.5 Å². The highest BCUT2D eigenvalue weighted by atomic mass is 35.5. The molecule has 176 valence electrons. The van der Waals surface area contributed by atoms with Crippen LogP contribution in [-0.2, 0) is 0 Å². The maximum atomic E-state index is 6.06. The zero-order chi connectivity index (χ0) is 21.5. The Morgan fingerprint density at radius 2 is 1.78 bits per heavy atom. The number of aromatic nitrogens is 3. The minimum atomic E-state index is 0. The van der Waals surface area contributed by atoms with Crippen molar-refractivity contribution in [2.45, 2.75) is 39.7 Å². The van der Waals surface area contributed by atoms with E-state index in [4.69, 9.17) is 15.5 Å². The first-order chi connectivity index (χ1) is 14.5. The molecule has 0 amide bonds. The van der Waals surface area contributed by atoms with Crippen LogP contribution in [0.3, 0.4) is 0 Å². The monoisotopic (exact) mass is 480 g/mol. The molecule has 0 radical (unpaired) electrons. The molecule has 3 rings (SSSR count). The minimum absolute atomic E-state index is 0. The van der Waals surface area contributed by atoms with Crippen molar-refractivity contribution in [3.63, 3.8) is 0 Å². The van der Waals surface area contributed by atoms with Crippen LogP contribution in [0.5, 0.6) is 5.75 Å². The van der Waals surface area contributed by atoms with Gasteiger partial charge in [0.25, 0.3) is 0 Å². The van der Waals surface area contributed by atoms with Gasteiger partial charge in [-0.05, 0) is 63.7 Å². The lowest BCUT2D eigenvalue weighted by Gasteiger charge is -2.20. The third-order valence-electron chi connectivity index (χ3n) is 5.33. The molecule has 9 heteroatoms. The SMILES string of the molecule is CCN(CC)CCCC(C)Nc1cc(N)nc2nc(-c3ccc(OC)cc3)cnc12.Cl.Cl. The van der Waals surface area contributed by atoms with Crippen molar-refractivity contribution in [2.24, 2.45) is 0 Å². The molecule has 0 spiro atoms. The molecular weight excluding hydrogens is 447 g/mol. The van der Waals surface area contributed by atoms with Crippen LogP contribution >= 0.6 is 24.8 Å². The second-order valence-electron chi connectivity index (χ2n) is 7.47. The Balaban J connectivity index is 0.00000256. The average Bonchev–Trinajstić information content (AvgIpc) is 2.76. The van der Waals surface area contributed by atoms with E-state index in [1.807, 2.05) is 30.3 Å². The van der Waals surface area contributed by atoms with E-state index in [0.29, 0.717) is 17.5 Å². The van der Waals surface area contributed by atoms with Gasteiger partial charge in [-0.25, -0.2) is 15.0 Å². The van der Waals surface area contributed by atoms with Crippen molar-refractivity contribution in [1.82, 2.24) is 19.9 Å². The number of hydrogen-bond donors (Lipinski definition) is 2. The number of nitrogens with zero attached hydrogens (tertiary/aromatic N) is 4. The second-order valence-corrected chi connectivity index (χ2v) is 7.47. The maximum Gasteiger partial charge on any atom is 0.182 e. The van der Waals surface area contributed by atoms with E-state index in [0.717, 1.165) is 60.7 Å². The minimum Gasteiger partial charge on any atom is -0.497 e. The van der Waals surface area contributed by atoms with Crippen molar-refractivity contribution in [3.8, 4) is 17.0 Å². The Kier molecular flexibility index (Phi) is 11.5. The fourth-order valence-electron chi connectivity index (χ4n) is 3.53. The fourth-order valence-corrected chi connectivity index (χ4v) is 3.53. The van der Waals surface area contributed by atoms with Gasteiger partial charge in [-0.1, -0.05) is 13.8 Å². The lowest BCUT2D eigenvalue weighted by atomic mass is 10.1. The summed E-state index contributed by atoms with van der Waals surface area (Å²) >= 11 is 0. The summed E-state index contributed by atoms with van der Waals surface area (Å²) in [5, 5.41) is 3.55. The van der Waals surface area contributed by atoms with E-state index < -0.39 is 0 Å². The second kappa shape index (κ2) is 13.3. The molecule has 1 unspecified atom stereocenters. The average molecular weight is 481 g/mol. The number of nitrogens with two attached hydrogens (primary N) is 1. The van der Waals surface area contributed by atoms with Crippen LogP contribution in [0, 0.1) is 0 Å². The molecule has 0 aliphatic rings. The Labute approximate surface area is 203 Å². The van der Waals surface area contributed by atoms with Crippen molar-refractivity contribution in [2.75, 3.05) is 37.8 Å². The Morgan fingerprint density at radius 1 is 1.09 bits per heavy atom. The number of methoxy groups -OCH3 is 1. The Morgan fingerprint density at radius 3 is 2.41 bits per heavy atom. The number of nitrogen functional groups attached to an aromatic ring is 1. The largest absolute Gasteiger partial charge is 0.497 e. The first-order valence-corrected chi connectivity index (χ1v) is 10.6. The van der Waals surface area contributed by atoms with Crippen molar-refractivity contribution in [1.29, 1.82) is 0 Å². The molecule has 1 atom stereocenters. The van der Waals surface area contributed by atoms with Gasteiger partial charge in [0, 0.05) is 17.7 Å². The lowest BCUT2D eigenvalue weighted by Crippen LogP contribution is -2.25. The van der Waals surface area contributed by atoms with Crippen LogP contribution in [0.15, 0.2) is 36.5 Å². The topological polar surface area (TPSA) is 89.2 Å². The van der Waals surface area contributed by atoms with Gasteiger partial charge < -0.3 is 20.7 Å². The summed E-state index contributed by atoms with van der Waals surface area (Å²) in [6.07, 6.45) is 3.98. The number of nitrogens with one attached hydrogen (secondary N) is 1. The number of ether oxygens (including phenoxy) is 1. The molecule has 0 aliphatic heterocycles. The molecule has 2 aromatic heterocycles. The van der Waals surface area contributed by atoms with Gasteiger partial charge in [0.15, 0.2) is 5.65 Å². The summed E-state index contributed by atoms with van der Waals surface area (Å²) in [4.78, 5) is 16.2. The Bertz CT molecular complexity index is 967. The smallest absolute Gasteiger partial charge is 0.182 e. The van der Waals surface area contributed by atoms with Crippen molar-refractivity contribution < 1.29 is 4.74 Å². The van der Waals surface area contributed by atoms with E-state index in [1.165, 1.54) is 0 Å². The van der Waals surface area contributed by atoms with Crippen LogP contribution in [0.25, 0.3) is 22.4 Å². The van der Waals surface area contributed by atoms with Gasteiger partial charge in [0.2, 0.25) is 0 Å². The molecule has 1 aromatic carbocycles. The first kappa shape index (κ1) is 27.7. The van der Waals surface area contributed by atoms with Gasteiger partial charge in [-0.3, -0.25) is 0 Å². The summed E-state index contributed by atoms with van der Waals surface area (Å²) in [6, 6.07) is 9.86. The number of benzene rings is 1. The Hall–Kier alpha value is -2.35. The van der Waals surface area contributed by atoms with Crippen LogP contribution in [-0.4, -0.2) is 52.6 Å². The molecule has 32 heavy (non-hydrogen) atoms. The highest BCUT2D eigenvalue weighted by molar-refractivity contribution is 5.88. The summed E-state index contributed by atoms with van der Waals surface area (Å²) in [5.74, 6) is 1.23. The van der Waals surface area contributed by atoms with E-state index in [1.54, 1.807) is 13.3 Å². The lowest BCUT2D eigenvalue weighted by molar-refractivity contribution is 0.295. The molecule has 0 saturated heterocycles. The van der Waals surface area contributed by atoms with Gasteiger partial charge >= 0.3 is 0 Å². The summed E-state index contributed by atoms with van der Waals surface area (Å²) in [5.41, 5.74) is 9.92. The number of fused-ring (bicyclic) bond motifs is 1. The summed E-state index contributed by atoms with van der Waals surface area (Å²) < 4.78 is 5.22. The third-order valence-corrected chi connectivity index (χ3v) is 5.33. The van der Waals surface area contributed by atoms with Crippen LogP contribution in [0.4, 0.5) is 11.5 Å². The normalized spacial score (nSPS) is 11.5. The predicted molar refractivity (Wildman–Crippen MR) is 138 cm³/mol. The van der Waals surface area contributed by atoms with Crippen molar-refractivity contribution >= 4 is 47.5 Å². The maximum absolute atomic E-state index is 6.06. The molecule has 0 bridgehead atoms. The number of halogens is 2. The standard InChI is InChI=1S/C23H32N6O.2ClH/c1-5-29(6-2)13-7-8-16(3)26-19-14-21(24)28-23-22(19)25-15-20(27-23)17-9-11-18(30-4)12-10-17;;/h9-12,14-16H,5-8,13H2,1-4H3,(H3,24,26,27,28);2*1H. The van der Waals surface area contributed by atoms with Crippen LogP contribution in [0.1, 0.15) is 33.6 Å². The highest BCUT2D eigenvalue weighted by Gasteiger charge is 2.12. The molecule has 7 nitrogen and oxygen atoms in total. The van der Waals surface area contributed by atoms with Gasteiger partial charge in [0.05, 0.1) is 24.7 Å². The molecule has 0 saturated carbocycles. The molecular formula is C23H34Cl2N6O. The number of pyridine rings is 1. The molecule has 0 aliphatic carbocycles. The fraction of sp³-hybridized carbons (Fsp3) is 0.435.